The molecule has 1 saturated heterocycles. The average molecular weight is 400 g/mol. The predicted molar refractivity (Wildman–Crippen MR) is 103 cm³/mol. The van der Waals surface area contributed by atoms with Crippen LogP contribution < -0.4 is 9.64 Å². The minimum atomic E-state index is -0.216. The number of halogens is 1. The summed E-state index contributed by atoms with van der Waals surface area (Å²) < 4.78 is 6.32. The number of methoxy groups -OCH3 is 1. The van der Waals surface area contributed by atoms with Gasteiger partial charge >= 0.3 is 0 Å². The summed E-state index contributed by atoms with van der Waals surface area (Å²) >= 11 is 3.52. The van der Waals surface area contributed by atoms with Crippen LogP contribution in [0.5, 0.6) is 5.75 Å². The molecular formula is C21H22BrNO2. The molecule has 1 spiro atoms. The Bertz CT molecular complexity index is 763. The summed E-state index contributed by atoms with van der Waals surface area (Å²) in [6.45, 7) is 0. The number of hydrogen-bond acceptors (Lipinski definition) is 2. The Hall–Kier alpha value is -1.81. The standard InChI is InChI=1S/C21H22BrNO2/c1-25-18-11-9-17(10-12-18)23-19(15-5-7-16(22)8-6-15)21(20(23)24)13-3-2-4-14-21/h5-12,19H,2-4,13-14H2,1H3. The highest BCUT2D eigenvalue weighted by molar-refractivity contribution is 9.10. The molecule has 4 rings (SSSR count). The van der Waals surface area contributed by atoms with E-state index in [4.69, 9.17) is 4.74 Å². The highest BCUT2D eigenvalue weighted by Gasteiger charge is 2.61. The van der Waals surface area contributed by atoms with Gasteiger partial charge in [0.15, 0.2) is 0 Å². The third-order valence-corrected chi connectivity index (χ3v) is 6.24. The minimum Gasteiger partial charge on any atom is -0.497 e. The lowest BCUT2D eigenvalue weighted by Crippen LogP contribution is -2.64. The van der Waals surface area contributed by atoms with Gasteiger partial charge in [0, 0.05) is 10.2 Å². The van der Waals surface area contributed by atoms with E-state index in [0.717, 1.165) is 41.6 Å². The van der Waals surface area contributed by atoms with Crippen molar-refractivity contribution in [2.45, 2.75) is 38.1 Å². The van der Waals surface area contributed by atoms with Crippen molar-refractivity contribution in [2.24, 2.45) is 5.41 Å². The molecule has 1 atom stereocenters. The van der Waals surface area contributed by atoms with Crippen molar-refractivity contribution in [3.8, 4) is 5.75 Å². The second-order valence-corrected chi connectivity index (χ2v) is 7.96. The first-order valence-corrected chi connectivity index (χ1v) is 9.68. The molecular weight excluding hydrogens is 378 g/mol. The summed E-state index contributed by atoms with van der Waals surface area (Å²) in [4.78, 5) is 15.2. The van der Waals surface area contributed by atoms with Gasteiger partial charge in [0.1, 0.15) is 5.75 Å². The molecule has 1 heterocycles. The molecule has 3 nitrogen and oxygen atoms in total. The fourth-order valence-electron chi connectivity index (χ4n) is 4.45. The summed E-state index contributed by atoms with van der Waals surface area (Å²) in [7, 11) is 1.66. The molecule has 1 saturated carbocycles. The largest absolute Gasteiger partial charge is 0.497 e. The van der Waals surface area contributed by atoms with Crippen LogP contribution in [0, 0.1) is 5.41 Å². The Morgan fingerprint density at radius 1 is 1.00 bits per heavy atom. The Labute approximate surface area is 157 Å². The zero-order valence-corrected chi connectivity index (χ0v) is 16.0. The van der Waals surface area contributed by atoms with E-state index >= 15 is 0 Å². The highest BCUT2D eigenvalue weighted by Crippen LogP contribution is 2.59. The lowest BCUT2D eigenvalue weighted by Gasteiger charge is -2.58. The number of rotatable bonds is 3. The fourth-order valence-corrected chi connectivity index (χ4v) is 4.71. The van der Waals surface area contributed by atoms with Crippen LogP contribution >= 0.6 is 15.9 Å². The average Bonchev–Trinajstić information content (AvgIpc) is 2.67. The van der Waals surface area contributed by atoms with Crippen molar-refractivity contribution in [3.63, 3.8) is 0 Å². The Morgan fingerprint density at radius 2 is 1.64 bits per heavy atom. The van der Waals surface area contributed by atoms with Crippen LogP contribution in [-0.2, 0) is 4.79 Å². The van der Waals surface area contributed by atoms with E-state index in [0.29, 0.717) is 0 Å². The zero-order valence-electron chi connectivity index (χ0n) is 14.4. The number of amides is 1. The molecule has 0 radical (unpaired) electrons. The number of nitrogens with zero attached hydrogens (tertiary/aromatic N) is 1. The lowest BCUT2D eigenvalue weighted by atomic mass is 9.60. The molecule has 2 aromatic rings. The maximum atomic E-state index is 13.2. The third-order valence-electron chi connectivity index (χ3n) is 5.71. The molecule has 25 heavy (non-hydrogen) atoms. The zero-order chi connectivity index (χ0) is 17.4. The van der Waals surface area contributed by atoms with Gasteiger partial charge in [-0.15, -0.1) is 0 Å². The Kier molecular flexibility index (Phi) is 4.32. The fraction of sp³-hybridized carbons (Fsp3) is 0.381. The van der Waals surface area contributed by atoms with Gasteiger partial charge in [0.25, 0.3) is 0 Å². The lowest BCUT2D eigenvalue weighted by molar-refractivity contribution is -0.143. The maximum absolute atomic E-state index is 13.2. The quantitative estimate of drug-likeness (QED) is 0.637. The summed E-state index contributed by atoms with van der Waals surface area (Å²) in [5.74, 6) is 1.09. The molecule has 1 aliphatic carbocycles. The van der Waals surface area contributed by atoms with E-state index in [2.05, 4.69) is 40.2 Å². The smallest absolute Gasteiger partial charge is 0.236 e. The summed E-state index contributed by atoms with van der Waals surface area (Å²) in [5.41, 5.74) is 1.96. The van der Waals surface area contributed by atoms with Gasteiger partial charge < -0.3 is 9.64 Å². The van der Waals surface area contributed by atoms with Crippen molar-refractivity contribution < 1.29 is 9.53 Å². The van der Waals surface area contributed by atoms with Crippen molar-refractivity contribution in [2.75, 3.05) is 12.0 Å². The van der Waals surface area contributed by atoms with Crippen LogP contribution in [0.15, 0.2) is 53.0 Å². The molecule has 4 heteroatoms. The van der Waals surface area contributed by atoms with Crippen molar-refractivity contribution in [1.29, 1.82) is 0 Å². The normalized spacial score (nSPS) is 21.9. The van der Waals surface area contributed by atoms with Gasteiger partial charge in [-0.2, -0.15) is 0 Å². The number of carbonyl (C=O) groups excluding carboxylic acids is 1. The second kappa shape index (κ2) is 6.49. The molecule has 1 aliphatic heterocycles. The molecule has 2 fully saturated rings. The van der Waals surface area contributed by atoms with E-state index in [1.54, 1.807) is 7.11 Å². The number of β-lactam (4-membered cyclic amide) rings is 1. The number of ether oxygens (including phenoxy) is 1. The van der Waals surface area contributed by atoms with Gasteiger partial charge in [-0.3, -0.25) is 4.79 Å². The SMILES string of the molecule is COc1ccc(N2C(=O)C3(CCCCC3)C2c2ccc(Br)cc2)cc1. The van der Waals surface area contributed by atoms with E-state index in [9.17, 15) is 4.79 Å². The molecule has 0 aromatic heterocycles. The first kappa shape index (κ1) is 16.6. The van der Waals surface area contributed by atoms with Crippen LogP contribution in [-0.4, -0.2) is 13.0 Å². The second-order valence-electron chi connectivity index (χ2n) is 7.04. The molecule has 0 bridgehead atoms. The van der Waals surface area contributed by atoms with Gasteiger partial charge in [-0.25, -0.2) is 0 Å². The van der Waals surface area contributed by atoms with Gasteiger partial charge in [0.05, 0.1) is 18.6 Å². The van der Waals surface area contributed by atoms with Crippen LogP contribution in [0.4, 0.5) is 5.69 Å². The summed E-state index contributed by atoms with van der Waals surface area (Å²) in [6, 6.07) is 16.4. The number of carbonyl (C=O) groups is 1. The number of anilines is 1. The van der Waals surface area contributed by atoms with E-state index in [-0.39, 0.29) is 17.4 Å². The van der Waals surface area contributed by atoms with Crippen LogP contribution in [0.3, 0.4) is 0 Å². The van der Waals surface area contributed by atoms with E-state index < -0.39 is 0 Å². The molecule has 0 N–H and O–H groups in total. The third kappa shape index (κ3) is 2.67. The summed E-state index contributed by atoms with van der Waals surface area (Å²) in [6.07, 6.45) is 5.54. The van der Waals surface area contributed by atoms with Crippen LogP contribution in [0.25, 0.3) is 0 Å². The van der Waals surface area contributed by atoms with E-state index in [1.807, 2.05) is 29.2 Å². The maximum Gasteiger partial charge on any atom is 0.236 e. The molecule has 2 aromatic carbocycles. The molecule has 1 amide bonds. The van der Waals surface area contributed by atoms with Crippen molar-refractivity contribution >= 4 is 27.5 Å². The number of hydrogen-bond donors (Lipinski definition) is 0. The predicted octanol–water partition coefficient (Wildman–Crippen LogP) is 5.50. The van der Waals surface area contributed by atoms with Crippen LogP contribution in [0.1, 0.15) is 43.7 Å². The molecule has 1 unspecified atom stereocenters. The van der Waals surface area contributed by atoms with Crippen LogP contribution in [0.2, 0.25) is 0 Å². The molecule has 130 valence electrons. The first-order valence-electron chi connectivity index (χ1n) is 8.89. The minimum absolute atomic E-state index is 0.127. The topological polar surface area (TPSA) is 29.5 Å². The first-order chi connectivity index (χ1) is 12.2. The van der Waals surface area contributed by atoms with Gasteiger partial charge in [-0.1, -0.05) is 47.3 Å². The number of benzene rings is 2. The molecule has 2 aliphatic rings. The monoisotopic (exact) mass is 399 g/mol. The van der Waals surface area contributed by atoms with E-state index in [1.165, 1.54) is 12.0 Å². The Balaban J connectivity index is 1.74. The van der Waals surface area contributed by atoms with Crippen molar-refractivity contribution in [1.82, 2.24) is 0 Å². The van der Waals surface area contributed by atoms with Crippen molar-refractivity contribution in [3.05, 3.63) is 58.6 Å². The summed E-state index contributed by atoms with van der Waals surface area (Å²) in [5, 5.41) is 0. The highest BCUT2D eigenvalue weighted by atomic mass is 79.9. The van der Waals surface area contributed by atoms with Gasteiger partial charge in [-0.05, 0) is 54.8 Å². The Morgan fingerprint density at radius 3 is 2.24 bits per heavy atom. The van der Waals surface area contributed by atoms with Gasteiger partial charge in [0.2, 0.25) is 5.91 Å².